The Balaban J connectivity index is 2.30. The zero-order valence-electron chi connectivity index (χ0n) is 8.12. The van der Waals surface area contributed by atoms with Gasteiger partial charge in [0.25, 0.3) is 5.69 Å². The molecule has 0 radical (unpaired) electrons. The van der Waals surface area contributed by atoms with Gasteiger partial charge in [-0.15, -0.1) is 0 Å². The summed E-state index contributed by atoms with van der Waals surface area (Å²) in [5, 5.41) is 25.6. The molecule has 0 unspecified atom stereocenters. The fourth-order valence-corrected chi connectivity index (χ4v) is 1.23. The summed E-state index contributed by atoms with van der Waals surface area (Å²) in [7, 11) is 0. The molecular weight excluding hydrogens is 212 g/mol. The van der Waals surface area contributed by atoms with Gasteiger partial charge in [-0.05, 0) is 12.1 Å². The lowest BCUT2D eigenvalue weighted by Gasteiger charge is -1.94. The SMILES string of the molecule is O=[N+]([O-])c1ccc(-c2n[nH]c(CO)n2)cc1. The summed E-state index contributed by atoms with van der Waals surface area (Å²) >= 11 is 0. The molecule has 0 fully saturated rings. The maximum absolute atomic E-state index is 10.4. The van der Waals surface area contributed by atoms with Gasteiger partial charge in [-0.1, -0.05) is 0 Å². The Hall–Kier alpha value is -2.28. The van der Waals surface area contributed by atoms with Crippen LogP contribution in [0.2, 0.25) is 0 Å². The molecule has 0 spiro atoms. The summed E-state index contributed by atoms with van der Waals surface area (Å²) in [5.74, 6) is 0.757. The van der Waals surface area contributed by atoms with Crippen molar-refractivity contribution in [2.45, 2.75) is 6.61 Å². The Kier molecular flexibility index (Phi) is 2.61. The minimum atomic E-state index is -0.471. The van der Waals surface area contributed by atoms with Gasteiger partial charge in [0.1, 0.15) is 6.61 Å². The summed E-state index contributed by atoms with van der Waals surface area (Å²) < 4.78 is 0. The number of nitro benzene ring substituents is 1. The van der Waals surface area contributed by atoms with E-state index in [1.807, 2.05) is 0 Å². The van der Waals surface area contributed by atoms with E-state index in [2.05, 4.69) is 15.2 Å². The van der Waals surface area contributed by atoms with Crippen LogP contribution in [0.3, 0.4) is 0 Å². The molecule has 0 amide bonds. The van der Waals surface area contributed by atoms with E-state index in [1.54, 1.807) is 12.1 Å². The van der Waals surface area contributed by atoms with Crippen LogP contribution in [0.4, 0.5) is 5.69 Å². The van der Waals surface area contributed by atoms with Crippen molar-refractivity contribution >= 4 is 5.69 Å². The number of hydrogen-bond donors (Lipinski definition) is 2. The first-order valence-electron chi connectivity index (χ1n) is 4.47. The first kappa shape index (κ1) is 10.2. The van der Waals surface area contributed by atoms with E-state index in [-0.39, 0.29) is 12.3 Å². The average Bonchev–Trinajstić information content (AvgIpc) is 2.77. The van der Waals surface area contributed by atoms with Crippen LogP contribution in [0.1, 0.15) is 5.82 Å². The average molecular weight is 220 g/mol. The molecule has 0 bridgehead atoms. The zero-order valence-corrected chi connectivity index (χ0v) is 8.12. The van der Waals surface area contributed by atoms with Gasteiger partial charge < -0.3 is 5.11 Å². The number of nitro groups is 1. The van der Waals surface area contributed by atoms with Crippen LogP contribution < -0.4 is 0 Å². The lowest BCUT2D eigenvalue weighted by Crippen LogP contribution is -1.88. The Labute approximate surface area is 89.9 Å². The monoisotopic (exact) mass is 220 g/mol. The van der Waals surface area contributed by atoms with Crippen LogP contribution in [0.15, 0.2) is 24.3 Å². The van der Waals surface area contributed by atoms with Gasteiger partial charge in [-0.2, -0.15) is 5.10 Å². The Morgan fingerprint density at radius 1 is 1.38 bits per heavy atom. The van der Waals surface area contributed by atoms with E-state index in [9.17, 15) is 10.1 Å². The molecule has 1 heterocycles. The zero-order chi connectivity index (χ0) is 11.5. The molecule has 1 aromatic heterocycles. The summed E-state index contributed by atoms with van der Waals surface area (Å²) in [6.45, 7) is -0.222. The molecular formula is C9H8N4O3. The second-order valence-electron chi connectivity index (χ2n) is 3.07. The number of nitrogens with one attached hydrogen (secondary N) is 1. The number of aliphatic hydroxyl groups excluding tert-OH is 1. The van der Waals surface area contributed by atoms with Crippen molar-refractivity contribution in [1.82, 2.24) is 15.2 Å². The highest BCUT2D eigenvalue weighted by atomic mass is 16.6. The van der Waals surface area contributed by atoms with E-state index in [0.717, 1.165) is 0 Å². The molecule has 0 aliphatic carbocycles. The number of rotatable bonds is 3. The predicted molar refractivity (Wildman–Crippen MR) is 54.4 cm³/mol. The minimum absolute atomic E-state index is 0.0154. The second kappa shape index (κ2) is 4.07. The number of non-ortho nitro benzene ring substituents is 1. The fraction of sp³-hybridized carbons (Fsp3) is 0.111. The Morgan fingerprint density at radius 3 is 2.56 bits per heavy atom. The third kappa shape index (κ3) is 1.89. The largest absolute Gasteiger partial charge is 0.388 e. The van der Waals surface area contributed by atoms with E-state index in [0.29, 0.717) is 17.2 Å². The van der Waals surface area contributed by atoms with E-state index >= 15 is 0 Å². The van der Waals surface area contributed by atoms with Gasteiger partial charge in [0.15, 0.2) is 11.6 Å². The molecule has 2 N–H and O–H groups in total. The second-order valence-corrected chi connectivity index (χ2v) is 3.07. The molecule has 0 saturated carbocycles. The van der Waals surface area contributed by atoms with Crippen LogP contribution >= 0.6 is 0 Å². The van der Waals surface area contributed by atoms with Crippen molar-refractivity contribution in [1.29, 1.82) is 0 Å². The number of benzene rings is 1. The summed E-state index contributed by atoms with van der Waals surface area (Å²) in [5.41, 5.74) is 0.670. The number of aliphatic hydroxyl groups is 1. The number of aromatic amines is 1. The van der Waals surface area contributed by atoms with Crippen molar-refractivity contribution < 1.29 is 10.0 Å². The summed E-state index contributed by atoms with van der Waals surface area (Å²) in [6.07, 6.45) is 0. The molecule has 7 heteroatoms. The minimum Gasteiger partial charge on any atom is -0.388 e. The maximum Gasteiger partial charge on any atom is 0.269 e. The molecule has 0 saturated heterocycles. The topological polar surface area (TPSA) is 105 Å². The fourth-order valence-electron chi connectivity index (χ4n) is 1.23. The van der Waals surface area contributed by atoms with Gasteiger partial charge in [-0.25, -0.2) is 4.98 Å². The predicted octanol–water partition coefficient (Wildman–Crippen LogP) is 0.872. The van der Waals surface area contributed by atoms with E-state index in [4.69, 9.17) is 5.11 Å². The third-order valence-corrected chi connectivity index (χ3v) is 2.02. The highest BCUT2D eigenvalue weighted by Gasteiger charge is 2.08. The molecule has 0 atom stereocenters. The molecule has 82 valence electrons. The maximum atomic E-state index is 10.4. The summed E-state index contributed by atoms with van der Waals surface area (Å²) in [6, 6.07) is 5.87. The van der Waals surface area contributed by atoms with Crippen LogP contribution in [-0.2, 0) is 6.61 Å². The number of nitrogens with zero attached hydrogens (tertiary/aromatic N) is 3. The summed E-state index contributed by atoms with van der Waals surface area (Å²) in [4.78, 5) is 13.9. The van der Waals surface area contributed by atoms with E-state index in [1.165, 1.54) is 12.1 Å². The van der Waals surface area contributed by atoms with Crippen molar-refractivity contribution in [3.8, 4) is 11.4 Å². The van der Waals surface area contributed by atoms with Gasteiger partial charge in [0.05, 0.1) is 4.92 Å². The van der Waals surface area contributed by atoms with Gasteiger partial charge in [-0.3, -0.25) is 15.2 Å². The third-order valence-electron chi connectivity index (χ3n) is 2.02. The molecule has 7 nitrogen and oxygen atoms in total. The van der Waals surface area contributed by atoms with Crippen molar-refractivity contribution in [3.05, 3.63) is 40.2 Å². The lowest BCUT2D eigenvalue weighted by atomic mass is 10.2. The Morgan fingerprint density at radius 2 is 2.06 bits per heavy atom. The smallest absolute Gasteiger partial charge is 0.269 e. The Bertz CT molecular complexity index is 506. The van der Waals surface area contributed by atoms with Crippen molar-refractivity contribution in [2.24, 2.45) is 0 Å². The van der Waals surface area contributed by atoms with Gasteiger partial charge in [0, 0.05) is 17.7 Å². The number of H-pyrrole nitrogens is 1. The van der Waals surface area contributed by atoms with Crippen LogP contribution in [0.5, 0.6) is 0 Å². The molecule has 1 aromatic carbocycles. The molecule has 2 rings (SSSR count). The van der Waals surface area contributed by atoms with Crippen molar-refractivity contribution in [3.63, 3.8) is 0 Å². The van der Waals surface area contributed by atoms with Gasteiger partial charge >= 0.3 is 0 Å². The van der Waals surface area contributed by atoms with Crippen molar-refractivity contribution in [2.75, 3.05) is 0 Å². The van der Waals surface area contributed by atoms with Crippen LogP contribution in [-0.4, -0.2) is 25.2 Å². The van der Waals surface area contributed by atoms with Crippen LogP contribution in [0.25, 0.3) is 11.4 Å². The lowest BCUT2D eigenvalue weighted by molar-refractivity contribution is -0.384. The van der Waals surface area contributed by atoms with Gasteiger partial charge in [0.2, 0.25) is 0 Å². The quantitative estimate of drug-likeness (QED) is 0.589. The number of hydrogen-bond acceptors (Lipinski definition) is 5. The van der Waals surface area contributed by atoms with Crippen LogP contribution in [0, 0.1) is 10.1 Å². The standard InChI is InChI=1S/C9H8N4O3/c14-5-8-10-9(12-11-8)6-1-3-7(4-2-6)13(15)16/h1-4,14H,5H2,(H,10,11,12). The highest BCUT2D eigenvalue weighted by Crippen LogP contribution is 2.18. The molecule has 0 aliphatic rings. The molecule has 0 aliphatic heterocycles. The molecule has 16 heavy (non-hydrogen) atoms. The number of aromatic nitrogens is 3. The first-order chi connectivity index (χ1) is 7.70. The van der Waals surface area contributed by atoms with E-state index < -0.39 is 4.92 Å². The highest BCUT2D eigenvalue weighted by molar-refractivity contribution is 5.56. The first-order valence-corrected chi connectivity index (χ1v) is 4.47. The molecule has 2 aromatic rings. The normalized spacial score (nSPS) is 10.3.